The Morgan fingerprint density at radius 2 is 1.92 bits per heavy atom. The summed E-state index contributed by atoms with van der Waals surface area (Å²) in [4.78, 5) is 36.5. The molecule has 0 fully saturated rings. The fourth-order valence-corrected chi connectivity index (χ4v) is 4.67. The van der Waals surface area contributed by atoms with Crippen LogP contribution in [-0.2, 0) is 24.8 Å². The Morgan fingerprint density at radius 1 is 1.03 bits per heavy atom. The van der Waals surface area contributed by atoms with Crippen molar-refractivity contribution in [2.24, 2.45) is 7.05 Å². The van der Waals surface area contributed by atoms with Crippen LogP contribution >= 0.6 is 0 Å². The number of aromatic nitrogens is 7. The van der Waals surface area contributed by atoms with Gasteiger partial charge in [0, 0.05) is 50.5 Å². The SMILES string of the molecule is Cc1ncc(NC(=O)CN2CCc3cnccc3C2)cc1NC(=O)c1nnc2cc(-c3cnn(C)c3)ccn12. The largest absolute Gasteiger partial charge is 0.324 e. The van der Waals surface area contributed by atoms with Gasteiger partial charge in [0.15, 0.2) is 5.65 Å². The van der Waals surface area contributed by atoms with Crippen molar-refractivity contribution in [3.05, 3.63) is 84.1 Å². The molecule has 0 unspecified atom stereocenters. The van der Waals surface area contributed by atoms with E-state index >= 15 is 0 Å². The van der Waals surface area contributed by atoms with Crippen LogP contribution in [0.15, 0.2) is 61.4 Å². The quantitative estimate of drug-likeness (QED) is 0.347. The van der Waals surface area contributed by atoms with Crippen LogP contribution < -0.4 is 10.6 Å². The standard InChI is InChI=1S/C27H26N10O2/c1-17-23(10-22(13-29-17)31-25(38)16-36-7-4-19-11-28-6-3-20(19)15-36)32-27(39)26-34-33-24-9-18(5-8-37(24)26)21-12-30-35(2)14-21/h3,5-6,8-14H,4,7,15-16H2,1-2H3,(H,31,38)(H,32,39). The first-order chi connectivity index (χ1) is 18.9. The predicted octanol–water partition coefficient (Wildman–Crippen LogP) is 2.48. The molecule has 0 bridgehead atoms. The molecule has 0 aromatic carbocycles. The van der Waals surface area contributed by atoms with Gasteiger partial charge in [0.25, 0.3) is 5.91 Å². The highest BCUT2D eigenvalue weighted by Gasteiger charge is 2.20. The number of aryl methyl sites for hydroxylation is 2. The Hall–Kier alpha value is -4.97. The van der Waals surface area contributed by atoms with E-state index in [-0.39, 0.29) is 18.3 Å². The Bertz CT molecular complexity index is 1710. The first kappa shape index (κ1) is 24.4. The van der Waals surface area contributed by atoms with Crippen LogP contribution in [-0.4, -0.2) is 64.2 Å². The topological polar surface area (TPSA) is 135 Å². The second-order valence-electron chi connectivity index (χ2n) is 9.53. The van der Waals surface area contributed by atoms with Crippen molar-refractivity contribution in [2.75, 3.05) is 23.7 Å². The molecule has 12 heteroatoms. The summed E-state index contributed by atoms with van der Waals surface area (Å²) >= 11 is 0. The normalized spacial score (nSPS) is 13.3. The molecule has 2 amide bonds. The zero-order valence-corrected chi connectivity index (χ0v) is 21.5. The Morgan fingerprint density at radius 3 is 2.77 bits per heavy atom. The van der Waals surface area contributed by atoms with E-state index in [0.717, 1.165) is 24.1 Å². The van der Waals surface area contributed by atoms with E-state index in [2.05, 4.69) is 40.8 Å². The van der Waals surface area contributed by atoms with Gasteiger partial charge in [-0.05, 0) is 54.3 Å². The molecular formula is C27H26N10O2. The van der Waals surface area contributed by atoms with E-state index in [4.69, 9.17) is 0 Å². The summed E-state index contributed by atoms with van der Waals surface area (Å²) in [5.41, 5.74) is 6.40. The Labute approximate surface area is 223 Å². The smallest absolute Gasteiger partial charge is 0.294 e. The van der Waals surface area contributed by atoms with Gasteiger partial charge in [0.2, 0.25) is 11.7 Å². The minimum atomic E-state index is -0.438. The maximum Gasteiger partial charge on any atom is 0.294 e. The van der Waals surface area contributed by atoms with Gasteiger partial charge >= 0.3 is 0 Å². The number of carbonyl (C=O) groups is 2. The number of anilines is 2. The second-order valence-corrected chi connectivity index (χ2v) is 9.53. The van der Waals surface area contributed by atoms with E-state index < -0.39 is 5.91 Å². The third kappa shape index (κ3) is 5.09. The Kier molecular flexibility index (Phi) is 6.29. The number of carbonyl (C=O) groups excluding carboxylic acids is 2. The average molecular weight is 523 g/mol. The van der Waals surface area contributed by atoms with Crippen LogP contribution in [0.3, 0.4) is 0 Å². The van der Waals surface area contributed by atoms with Gasteiger partial charge in [-0.1, -0.05) is 0 Å². The van der Waals surface area contributed by atoms with E-state index in [1.54, 1.807) is 46.9 Å². The number of nitrogens with zero attached hydrogens (tertiary/aromatic N) is 8. The first-order valence-corrected chi connectivity index (χ1v) is 12.5. The van der Waals surface area contributed by atoms with Crippen LogP contribution in [0, 0.1) is 6.92 Å². The minimum absolute atomic E-state index is 0.136. The van der Waals surface area contributed by atoms with Gasteiger partial charge in [-0.15, -0.1) is 10.2 Å². The van der Waals surface area contributed by atoms with Gasteiger partial charge in [0.1, 0.15) is 0 Å². The summed E-state index contributed by atoms with van der Waals surface area (Å²) in [5, 5.41) is 18.2. The number of fused-ring (bicyclic) bond motifs is 2. The third-order valence-electron chi connectivity index (χ3n) is 6.73. The number of rotatable bonds is 6. The van der Waals surface area contributed by atoms with Gasteiger partial charge in [-0.25, -0.2) is 0 Å². The van der Waals surface area contributed by atoms with Crippen molar-refractivity contribution in [1.82, 2.24) is 39.2 Å². The van der Waals surface area contributed by atoms with Crippen molar-refractivity contribution in [2.45, 2.75) is 19.9 Å². The van der Waals surface area contributed by atoms with Crippen molar-refractivity contribution in [3.63, 3.8) is 0 Å². The molecule has 0 saturated carbocycles. The lowest BCUT2D eigenvalue weighted by Crippen LogP contribution is -2.37. The minimum Gasteiger partial charge on any atom is -0.324 e. The van der Waals surface area contributed by atoms with E-state index in [0.29, 0.717) is 29.3 Å². The fraction of sp³-hybridized carbons (Fsp3) is 0.222. The molecule has 6 heterocycles. The summed E-state index contributed by atoms with van der Waals surface area (Å²) in [7, 11) is 1.85. The van der Waals surface area contributed by atoms with Crippen LogP contribution in [0.2, 0.25) is 0 Å². The maximum absolute atomic E-state index is 13.1. The fourth-order valence-electron chi connectivity index (χ4n) is 4.67. The van der Waals surface area contributed by atoms with Crippen LogP contribution in [0.1, 0.15) is 27.4 Å². The number of amides is 2. The van der Waals surface area contributed by atoms with Crippen molar-refractivity contribution in [3.8, 4) is 11.1 Å². The van der Waals surface area contributed by atoms with E-state index in [1.807, 2.05) is 37.6 Å². The molecule has 0 saturated heterocycles. The lowest BCUT2D eigenvalue weighted by Gasteiger charge is -2.27. The highest BCUT2D eigenvalue weighted by Crippen LogP contribution is 2.22. The molecule has 5 aromatic rings. The molecule has 196 valence electrons. The Balaban J connectivity index is 1.13. The molecule has 0 aliphatic carbocycles. The highest BCUT2D eigenvalue weighted by molar-refractivity contribution is 6.03. The summed E-state index contributed by atoms with van der Waals surface area (Å²) < 4.78 is 3.34. The number of hydrogen-bond acceptors (Lipinski definition) is 8. The molecule has 39 heavy (non-hydrogen) atoms. The van der Waals surface area contributed by atoms with Crippen molar-refractivity contribution in [1.29, 1.82) is 0 Å². The second kappa shape index (κ2) is 10.1. The predicted molar refractivity (Wildman–Crippen MR) is 144 cm³/mol. The number of nitrogens with one attached hydrogen (secondary N) is 2. The number of pyridine rings is 3. The monoisotopic (exact) mass is 522 g/mol. The molecule has 1 aliphatic rings. The van der Waals surface area contributed by atoms with E-state index in [9.17, 15) is 9.59 Å². The molecule has 12 nitrogen and oxygen atoms in total. The zero-order chi connectivity index (χ0) is 26.9. The average Bonchev–Trinajstić information content (AvgIpc) is 3.56. The maximum atomic E-state index is 13.1. The highest BCUT2D eigenvalue weighted by atomic mass is 16.2. The first-order valence-electron chi connectivity index (χ1n) is 12.5. The molecule has 0 atom stereocenters. The van der Waals surface area contributed by atoms with Gasteiger partial charge in [-0.2, -0.15) is 5.10 Å². The van der Waals surface area contributed by atoms with Gasteiger partial charge in [-0.3, -0.25) is 33.5 Å². The summed E-state index contributed by atoms with van der Waals surface area (Å²) in [6.07, 6.45) is 11.5. The molecule has 1 aliphatic heterocycles. The summed E-state index contributed by atoms with van der Waals surface area (Å²) in [6, 6.07) is 7.42. The van der Waals surface area contributed by atoms with E-state index in [1.165, 1.54) is 11.1 Å². The summed E-state index contributed by atoms with van der Waals surface area (Å²) in [6.45, 7) is 3.53. The molecule has 0 radical (unpaired) electrons. The van der Waals surface area contributed by atoms with Crippen molar-refractivity contribution >= 4 is 28.8 Å². The molecular weight excluding hydrogens is 496 g/mol. The summed E-state index contributed by atoms with van der Waals surface area (Å²) in [5.74, 6) is -0.452. The van der Waals surface area contributed by atoms with Crippen LogP contribution in [0.25, 0.3) is 16.8 Å². The van der Waals surface area contributed by atoms with Crippen LogP contribution in [0.4, 0.5) is 11.4 Å². The van der Waals surface area contributed by atoms with Gasteiger partial charge < -0.3 is 10.6 Å². The number of hydrogen-bond donors (Lipinski definition) is 2. The molecule has 6 rings (SSSR count). The lowest BCUT2D eigenvalue weighted by molar-refractivity contribution is -0.117. The molecule has 0 spiro atoms. The molecule has 5 aromatic heterocycles. The van der Waals surface area contributed by atoms with Crippen molar-refractivity contribution < 1.29 is 9.59 Å². The third-order valence-corrected chi connectivity index (χ3v) is 6.73. The lowest BCUT2D eigenvalue weighted by atomic mass is 10.0. The molecule has 2 N–H and O–H groups in total. The van der Waals surface area contributed by atoms with Crippen LogP contribution in [0.5, 0.6) is 0 Å². The zero-order valence-electron chi connectivity index (χ0n) is 21.5. The van der Waals surface area contributed by atoms with Gasteiger partial charge in [0.05, 0.1) is 36.0 Å².